The highest BCUT2D eigenvalue weighted by Crippen LogP contribution is 2.40. The second-order valence-corrected chi connectivity index (χ2v) is 8.07. The summed E-state index contributed by atoms with van der Waals surface area (Å²) in [5, 5.41) is 0. The molecule has 0 amide bonds. The number of halogens is 1. The Hall–Kier alpha value is -2.72. The van der Waals surface area contributed by atoms with E-state index in [0.29, 0.717) is 11.8 Å². The molecule has 2 aliphatic rings. The average Bonchev–Trinajstić information content (AvgIpc) is 2.71. The van der Waals surface area contributed by atoms with E-state index in [1.807, 2.05) is 41.0 Å². The molecule has 0 spiro atoms. The Morgan fingerprint density at radius 3 is 2.46 bits per heavy atom. The van der Waals surface area contributed by atoms with Crippen LogP contribution in [0.3, 0.4) is 0 Å². The highest BCUT2D eigenvalue weighted by Gasteiger charge is 2.36. The molecular weight excluding hydrogens is 351 g/mol. The minimum atomic E-state index is -0.194. The lowest BCUT2D eigenvalue weighted by Crippen LogP contribution is -2.47. The Kier molecular flexibility index (Phi) is 4.36. The first-order chi connectivity index (χ1) is 13.7. The van der Waals surface area contributed by atoms with Crippen LogP contribution in [0.5, 0.6) is 0 Å². The average molecular weight is 374 g/mol. The third-order valence-corrected chi connectivity index (χ3v) is 6.07. The maximum absolute atomic E-state index is 13.2. The second kappa shape index (κ2) is 7.02. The molecule has 0 aliphatic carbocycles. The molecule has 5 rings (SSSR count). The first-order valence-electron chi connectivity index (χ1n) is 9.93. The highest BCUT2D eigenvalue weighted by atomic mass is 19.1. The first-order valence-corrected chi connectivity index (χ1v) is 9.93. The molecule has 3 heterocycles. The normalized spacial score (nSPS) is 21.3. The van der Waals surface area contributed by atoms with Crippen LogP contribution in [0, 0.1) is 11.7 Å². The van der Waals surface area contributed by atoms with Crippen LogP contribution in [-0.4, -0.2) is 22.6 Å². The maximum Gasteiger partial charge on any atom is 0.250 e. The number of nitrogens with zero attached hydrogens (tertiary/aromatic N) is 2. The number of hydrogen-bond donors (Lipinski definition) is 0. The fraction of sp³-hybridized carbons (Fsp3) is 0.292. The Morgan fingerprint density at radius 2 is 1.68 bits per heavy atom. The van der Waals surface area contributed by atoms with Gasteiger partial charge in [0.25, 0.3) is 5.56 Å². The summed E-state index contributed by atoms with van der Waals surface area (Å²) in [6.07, 6.45) is 1.13. The fourth-order valence-corrected chi connectivity index (χ4v) is 4.95. The molecule has 4 heteroatoms. The molecule has 1 fully saturated rings. The summed E-state index contributed by atoms with van der Waals surface area (Å²) in [6, 6.07) is 20.8. The third kappa shape index (κ3) is 3.18. The summed E-state index contributed by atoms with van der Waals surface area (Å²) >= 11 is 0. The number of fused-ring (bicyclic) bond motifs is 4. The van der Waals surface area contributed by atoms with E-state index in [1.54, 1.807) is 6.07 Å². The Balaban J connectivity index is 1.49. The van der Waals surface area contributed by atoms with E-state index in [2.05, 4.69) is 17.0 Å². The van der Waals surface area contributed by atoms with Crippen molar-refractivity contribution in [1.82, 2.24) is 9.47 Å². The van der Waals surface area contributed by atoms with Gasteiger partial charge in [-0.1, -0.05) is 42.5 Å². The number of pyridine rings is 1. The molecule has 3 aromatic rings. The van der Waals surface area contributed by atoms with E-state index < -0.39 is 0 Å². The summed E-state index contributed by atoms with van der Waals surface area (Å²) in [5.74, 6) is 0.632. The lowest BCUT2D eigenvalue weighted by molar-refractivity contribution is 0.114. The lowest BCUT2D eigenvalue weighted by atomic mass is 9.80. The van der Waals surface area contributed by atoms with Crippen molar-refractivity contribution in [3.05, 3.63) is 94.2 Å². The van der Waals surface area contributed by atoms with Gasteiger partial charge in [-0.05, 0) is 41.7 Å². The van der Waals surface area contributed by atoms with Crippen molar-refractivity contribution in [3.8, 4) is 11.1 Å². The van der Waals surface area contributed by atoms with Crippen molar-refractivity contribution < 1.29 is 4.39 Å². The number of hydrogen-bond acceptors (Lipinski definition) is 2. The van der Waals surface area contributed by atoms with E-state index in [9.17, 15) is 9.18 Å². The van der Waals surface area contributed by atoms with Gasteiger partial charge in [-0.25, -0.2) is 4.39 Å². The molecule has 0 unspecified atom stereocenters. The Bertz CT molecular complexity index is 1040. The van der Waals surface area contributed by atoms with Crippen molar-refractivity contribution in [2.45, 2.75) is 25.4 Å². The summed E-state index contributed by atoms with van der Waals surface area (Å²) in [4.78, 5) is 15.1. The fourth-order valence-electron chi connectivity index (χ4n) is 4.95. The molecule has 2 aromatic carbocycles. The van der Waals surface area contributed by atoms with E-state index >= 15 is 0 Å². The summed E-state index contributed by atoms with van der Waals surface area (Å²) in [6.45, 7) is 3.52. The lowest BCUT2D eigenvalue weighted by Gasteiger charge is -2.43. The quantitative estimate of drug-likeness (QED) is 0.684. The van der Waals surface area contributed by atoms with E-state index in [0.717, 1.165) is 38.2 Å². The van der Waals surface area contributed by atoms with Crippen LogP contribution in [-0.2, 0) is 13.1 Å². The number of likely N-dealkylation sites (tertiary alicyclic amines) is 1. The van der Waals surface area contributed by atoms with E-state index in [-0.39, 0.29) is 11.4 Å². The van der Waals surface area contributed by atoms with Crippen molar-refractivity contribution in [2.24, 2.45) is 5.92 Å². The van der Waals surface area contributed by atoms with Gasteiger partial charge in [-0.3, -0.25) is 9.69 Å². The first kappa shape index (κ1) is 17.4. The van der Waals surface area contributed by atoms with E-state index in [4.69, 9.17) is 0 Å². The number of benzene rings is 2. The van der Waals surface area contributed by atoms with E-state index in [1.165, 1.54) is 29.0 Å². The van der Waals surface area contributed by atoms with Crippen LogP contribution in [0.15, 0.2) is 71.5 Å². The van der Waals surface area contributed by atoms with Crippen molar-refractivity contribution >= 4 is 0 Å². The van der Waals surface area contributed by atoms with Gasteiger partial charge in [0.1, 0.15) is 5.82 Å². The largest absolute Gasteiger partial charge is 0.311 e. The second-order valence-electron chi connectivity index (χ2n) is 8.07. The van der Waals surface area contributed by atoms with Gasteiger partial charge in [-0.2, -0.15) is 0 Å². The molecule has 1 saturated heterocycles. The zero-order valence-corrected chi connectivity index (χ0v) is 15.7. The monoisotopic (exact) mass is 374 g/mol. The molecule has 0 N–H and O–H groups in total. The predicted molar refractivity (Wildman–Crippen MR) is 109 cm³/mol. The van der Waals surface area contributed by atoms with Gasteiger partial charge in [0.15, 0.2) is 0 Å². The van der Waals surface area contributed by atoms with Crippen LogP contribution in [0.2, 0.25) is 0 Å². The molecule has 0 radical (unpaired) electrons. The number of aromatic nitrogens is 1. The molecule has 2 aliphatic heterocycles. The van der Waals surface area contributed by atoms with Crippen molar-refractivity contribution in [1.29, 1.82) is 0 Å². The van der Waals surface area contributed by atoms with Crippen LogP contribution in [0.1, 0.15) is 23.6 Å². The van der Waals surface area contributed by atoms with Gasteiger partial charge in [-0.15, -0.1) is 0 Å². The van der Waals surface area contributed by atoms with Gasteiger partial charge in [0.2, 0.25) is 0 Å². The Labute approximate surface area is 164 Å². The molecule has 142 valence electrons. The highest BCUT2D eigenvalue weighted by molar-refractivity contribution is 5.66. The number of piperidine rings is 1. The summed E-state index contributed by atoms with van der Waals surface area (Å²) in [5.41, 5.74) is 4.76. The maximum atomic E-state index is 13.2. The molecule has 0 saturated carbocycles. The topological polar surface area (TPSA) is 25.2 Å². The van der Waals surface area contributed by atoms with Crippen LogP contribution < -0.4 is 5.56 Å². The molecular formula is C24H23FN2O. The SMILES string of the molecule is O=c1ccc(-c2ccccc2)c2n1C[C@H]1C[C@@H]2CN(Cc2ccc(F)cc2)C1. The van der Waals surface area contributed by atoms with Gasteiger partial charge < -0.3 is 4.57 Å². The third-order valence-electron chi connectivity index (χ3n) is 6.07. The standard InChI is InChI=1S/C24H23FN2O/c25-21-8-6-17(7-9-21)13-26-14-18-12-20(16-26)24-22(19-4-2-1-3-5-19)10-11-23(28)27(24)15-18/h1-11,18,20H,12-16H2/t18-,20+/m0/s1. The molecule has 2 bridgehead atoms. The zero-order valence-electron chi connectivity index (χ0n) is 15.7. The van der Waals surface area contributed by atoms with Crippen LogP contribution >= 0.6 is 0 Å². The van der Waals surface area contributed by atoms with Gasteiger partial charge >= 0.3 is 0 Å². The van der Waals surface area contributed by atoms with Gasteiger partial charge in [0.05, 0.1) is 0 Å². The number of rotatable bonds is 3. The smallest absolute Gasteiger partial charge is 0.250 e. The van der Waals surface area contributed by atoms with Crippen LogP contribution in [0.25, 0.3) is 11.1 Å². The van der Waals surface area contributed by atoms with Gasteiger partial charge in [0, 0.05) is 49.4 Å². The summed E-state index contributed by atoms with van der Waals surface area (Å²) < 4.78 is 15.2. The molecule has 1 aromatic heterocycles. The minimum Gasteiger partial charge on any atom is -0.311 e. The molecule has 28 heavy (non-hydrogen) atoms. The van der Waals surface area contributed by atoms with Crippen molar-refractivity contribution in [3.63, 3.8) is 0 Å². The molecule has 3 nitrogen and oxygen atoms in total. The molecule has 2 atom stereocenters. The minimum absolute atomic E-state index is 0.108. The van der Waals surface area contributed by atoms with Crippen molar-refractivity contribution in [2.75, 3.05) is 13.1 Å². The Morgan fingerprint density at radius 1 is 0.893 bits per heavy atom. The zero-order chi connectivity index (χ0) is 19.1. The van der Waals surface area contributed by atoms with Crippen LogP contribution in [0.4, 0.5) is 4.39 Å². The summed E-state index contributed by atoms with van der Waals surface area (Å²) in [7, 11) is 0. The predicted octanol–water partition coefficient (Wildman–Crippen LogP) is 4.27.